The number of nitrogens with one attached hydrogen (secondary N) is 2. The summed E-state index contributed by atoms with van der Waals surface area (Å²) < 4.78 is 23.5. The number of anilines is 1. The molecule has 29 heavy (non-hydrogen) atoms. The van der Waals surface area contributed by atoms with Crippen molar-refractivity contribution >= 4 is 29.2 Å². The van der Waals surface area contributed by atoms with E-state index in [1.54, 1.807) is 37.3 Å². The summed E-state index contributed by atoms with van der Waals surface area (Å²) in [6.45, 7) is 1.95. The van der Waals surface area contributed by atoms with Gasteiger partial charge in [0.2, 0.25) is 17.9 Å². The minimum absolute atomic E-state index is 0.0715. The maximum Gasteiger partial charge on any atom is 0.240 e. The molecule has 2 heterocycles. The van der Waals surface area contributed by atoms with Crippen LogP contribution in [0.2, 0.25) is 0 Å². The Morgan fingerprint density at radius 3 is 2.79 bits per heavy atom. The van der Waals surface area contributed by atoms with Crippen molar-refractivity contribution in [1.29, 1.82) is 0 Å². The number of Topliss-reactive ketones (excluding diaryl/α,β-unsaturated/α-hetero) is 1. The molecular weight excluding hydrogens is 397 g/mol. The van der Waals surface area contributed by atoms with E-state index in [0.29, 0.717) is 33.9 Å². The highest BCUT2D eigenvalue weighted by Gasteiger charge is 2.17. The molecule has 0 spiro atoms. The number of rotatable bonds is 7. The van der Waals surface area contributed by atoms with E-state index in [2.05, 4.69) is 25.7 Å². The van der Waals surface area contributed by atoms with Crippen LogP contribution in [0.25, 0.3) is 0 Å². The van der Waals surface area contributed by atoms with Gasteiger partial charge >= 0.3 is 0 Å². The molecule has 1 aliphatic heterocycles. The first-order valence-electron chi connectivity index (χ1n) is 8.63. The molecule has 0 aliphatic carbocycles. The Bertz CT molecular complexity index is 1070. The van der Waals surface area contributed by atoms with Crippen LogP contribution in [0, 0.1) is 5.82 Å². The molecule has 0 unspecified atom stereocenters. The van der Waals surface area contributed by atoms with E-state index in [1.165, 1.54) is 23.9 Å². The number of hydrogen-bond acceptors (Lipinski definition) is 8. The highest BCUT2D eigenvalue weighted by atomic mass is 32.2. The second-order valence-corrected chi connectivity index (χ2v) is 7.00. The van der Waals surface area contributed by atoms with Crippen molar-refractivity contribution in [1.82, 2.24) is 15.2 Å². The molecule has 4 rings (SSSR count). The lowest BCUT2D eigenvalue weighted by Crippen LogP contribution is -2.02. The monoisotopic (exact) mass is 413 g/mol. The molecule has 10 heteroatoms. The lowest BCUT2D eigenvalue weighted by Gasteiger charge is -2.01. The zero-order valence-corrected chi connectivity index (χ0v) is 16.1. The number of nitrogens with zero attached hydrogens (tertiary/aromatic N) is 3. The number of hydrazone groups is 1. The molecule has 0 saturated carbocycles. The van der Waals surface area contributed by atoms with E-state index in [1.807, 2.05) is 0 Å². The van der Waals surface area contributed by atoms with Crippen LogP contribution in [-0.4, -0.2) is 39.2 Å². The maximum absolute atomic E-state index is 13.0. The molecule has 0 bridgehead atoms. The van der Waals surface area contributed by atoms with Gasteiger partial charge in [0, 0.05) is 5.56 Å². The zero-order chi connectivity index (χ0) is 20.2. The number of H-pyrrole nitrogens is 1. The van der Waals surface area contributed by atoms with Crippen molar-refractivity contribution in [3.63, 3.8) is 0 Å². The number of ether oxygens (including phenoxy) is 2. The number of fused-ring (bicyclic) bond motifs is 1. The second-order valence-electron chi connectivity index (χ2n) is 6.06. The Labute approximate surface area is 169 Å². The smallest absolute Gasteiger partial charge is 0.240 e. The first-order valence-corrected chi connectivity index (χ1v) is 9.61. The van der Waals surface area contributed by atoms with Gasteiger partial charge in [-0.25, -0.2) is 14.9 Å². The van der Waals surface area contributed by atoms with Crippen LogP contribution < -0.4 is 14.9 Å². The van der Waals surface area contributed by atoms with Gasteiger partial charge in [-0.2, -0.15) is 10.1 Å². The Balaban J connectivity index is 1.32. The molecule has 2 N–H and O–H groups in total. The first kappa shape index (κ1) is 18.9. The number of carbonyl (C=O) groups excluding carboxylic acids is 1. The van der Waals surface area contributed by atoms with Crippen LogP contribution >= 0.6 is 11.8 Å². The third kappa shape index (κ3) is 4.54. The molecule has 1 aromatic heterocycles. The third-order valence-electron chi connectivity index (χ3n) is 4.08. The Morgan fingerprint density at radius 2 is 1.97 bits per heavy atom. The van der Waals surface area contributed by atoms with Crippen LogP contribution in [0.5, 0.6) is 11.5 Å². The quantitative estimate of drug-likeness (QED) is 0.265. The molecule has 0 saturated heterocycles. The molecule has 0 atom stereocenters. The summed E-state index contributed by atoms with van der Waals surface area (Å²) in [5, 5.41) is 11.4. The van der Waals surface area contributed by atoms with Gasteiger partial charge in [0.05, 0.1) is 11.5 Å². The Hall–Kier alpha value is -3.40. The molecule has 0 amide bonds. The summed E-state index contributed by atoms with van der Waals surface area (Å²) >= 11 is 1.20. The fourth-order valence-electron chi connectivity index (χ4n) is 2.54. The van der Waals surface area contributed by atoms with Crippen molar-refractivity contribution in [3.05, 3.63) is 59.4 Å². The second kappa shape index (κ2) is 8.31. The lowest BCUT2D eigenvalue weighted by molar-refractivity contribution is 0.102. The van der Waals surface area contributed by atoms with Crippen molar-refractivity contribution in [2.45, 2.75) is 12.1 Å². The van der Waals surface area contributed by atoms with Gasteiger partial charge in [0.15, 0.2) is 17.3 Å². The number of ketones is 1. The number of benzene rings is 2. The predicted octanol–water partition coefficient (Wildman–Crippen LogP) is 3.48. The van der Waals surface area contributed by atoms with E-state index >= 15 is 0 Å². The van der Waals surface area contributed by atoms with E-state index in [0.717, 1.165) is 5.56 Å². The van der Waals surface area contributed by atoms with Crippen molar-refractivity contribution in [2.75, 3.05) is 18.0 Å². The molecule has 1 aliphatic rings. The van der Waals surface area contributed by atoms with Gasteiger partial charge in [-0.05, 0) is 42.8 Å². The fourth-order valence-corrected chi connectivity index (χ4v) is 3.23. The molecular formula is C19H16FN5O3S. The average Bonchev–Trinajstić information content (AvgIpc) is 3.39. The SMILES string of the molecule is CC(=NNc1nc(SCC(=O)c2ccc3c(c2)OCO3)n[nH]1)c1ccc(F)cc1. The van der Waals surface area contributed by atoms with E-state index in [9.17, 15) is 9.18 Å². The minimum atomic E-state index is -0.304. The molecule has 2 aromatic carbocycles. The highest BCUT2D eigenvalue weighted by Crippen LogP contribution is 2.33. The zero-order valence-electron chi connectivity index (χ0n) is 15.3. The van der Waals surface area contributed by atoms with Gasteiger partial charge in [-0.15, -0.1) is 5.10 Å². The third-order valence-corrected chi connectivity index (χ3v) is 4.93. The average molecular weight is 413 g/mol. The largest absolute Gasteiger partial charge is 0.454 e. The lowest BCUT2D eigenvalue weighted by atomic mass is 10.1. The Morgan fingerprint density at radius 1 is 1.21 bits per heavy atom. The topological polar surface area (TPSA) is 101 Å². The van der Waals surface area contributed by atoms with Crippen LogP contribution in [0.4, 0.5) is 10.3 Å². The number of hydrogen-bond donors (Lipinski definition) is 2. The molecule has 0 radical (unpaired) electrons. The van der Waals surface area contributed by atoms with Crippen LogP contribution in [0.1, 0.15) is 22.8 Å². The first-order chi connectivity index (χ1) is 14.1. The Kier molecular flexibility index (Phi) is 5.43. The standard InChI is InChI=1S/C19H16FN5O3S/c1-11(12-2-5-14(20)6-3-12)22-23-18-21-19(25-24-18)29-9-15(26)13-4-7-16-17(8-13)28-10-27-16/h2-8H,9-10H2,1H3,(H2,21,23,24,25). The predicted molar refractivity (Wildman–Crippen MR) is 106 cm³/mol. The number of halogens is 1. The van der Waals surface area contributed by atoms with E-state index < -0.39 is 0 Å². The number of carbonyl (C=O) groups is 1. The normalized spacial score (nSPS) is 12.8. The van der Waals surface area contributed by atoms with Gasteiger partial charge in [-0.3, -0.25) is 4.79 Å². The molecule has 8 nitrogen and oxygen atoms in total. The van der Waals surface area contributed by atoms with Gasteiger partial charge in [0.1, 0.15) is 5.82 Å². The summed E-state index contributed by atoms with van der Waals surface area (Å²) in [6.07, 6.45) is 0. The summed E-state index contributed by atoms with van der Waals surface area (Å²) in [5.74, 6) is 1.34. The van der Waals surface area contributed by atoms with Gasteiger partial charge < -0.3 is 9.47 Å². The van der Waals surface area contributed by atoms with Gasteiger partial charge in [-0.1, -0.05) is 23.9 Å². The van der Waals surface area contributed by atoms with Crippen LogP contribution in [-0.2, 0) is 0 Å². The number of thioether (sulfide) groups is 1. The number of aromatic nitrogens is 3. The van der Waals surface area contributed by atoms with Crippen molar-refractivity contribution < 1.29 is 18.7 Å². The molecule has 0 fully saturated rings. The summed E-state index contributed by atoms with van der Waals surface area (Å²) in [4.78, 5) is 16.6. The van der Waals surface area contributed by atoms with Crippen LogP contribution in [0.3, 0.4) is 0 Å². The van der Waals surface area contributed by atoms with Crippen molar-refractivity contribution in [3.8, 4) is 11.5 Å². The van der Waals surface area contributed by atoms with E-state index in [-0.39, 0.29) is 24.1 Å². The minimum Gasteiger partial charge on any atom is -0.454 e. The number of aromatic amines is 1. The van der Waals surface area contributed by atoms with E-state index in [4.69, 9.17) is 9.47 Å². The van der Waals surface area contributed by atoms with Crippen LogP contribution in [0.15, 0.2) is 52.7 Å². The molecule has 148 valence electrons. The highest BCUT2D eigenvalue weighted by molar-refractivity contribution is 7.99. The summed E-state index contributed by atoms with van der Waals surface area (Å²) in [5.41, 5.74) is 4.74. The van der Waals surface area contributed by atoms with Crippen molar-refractivity contribution in [2.24, 2.45) is 5.10 Å². The fraction of sp³-hybridized carbons (Fsp3) is 0.158. The molecule has 3 aromatic rings. The maximum atomic E-state index is 13.0. The summed E-state index contributed by atoms with van der Waals surface area (Å²) in [6, 6.07) is 11.1. The van der Waals surface area contributed by atoms with Gasteiger partial charge in [0.25, 0.3) is 0 Å². The summed E-state index contributed by atoms with van der Waals surface area (Å²) in [7, 11) is 0.